The molecule has 0 aromatic carbocycles. The largest absolute Gasteiger partial charge is 2.00 e. The van der Waals surface area contributed by atoms with E-state index < -0.39 is 85.4 Å². The van der Waals surface area contributed by atoms with Gasteiger partial charge in [0.15, 0.2) is 0 Å². The number of carbonyl (C=O) groups excluding carboxylic acids is 2. The molecule has 0 radical (unpaired) electrons. The number of hydrogen-bond acceptors (Lipinski definition) is 12. The van der Waals surface area contributed by atoms with Gasteiger partial charge in [-0.15, -0.1) is 0 Å². The molecule has 12 nitrogen and oxygen atoms in total. The third-order valence-electron chi connectivity index (χ3n) is 4.52. The van der Waals surface area contributed by atoms with Gasteiger partial charge < -0.3 is 60.7 Å². The molecule has 152 valence electrons. The molecule has 27 heavy (non-hydrogen) atoms. The predicted octanol–water partition coefficient (Wildman–Crippen LogP) is -7.69. The summed E-state index contributed by atoms with van der Waals surface area (Å²) in [6.45, 7) is 0. The topological polar surface area (TPSA) is 242 Å². The molecule has 0 bridgehead atoms. The standard InChI is InChI=1S/2C7H12O6.Ca/c2*8-3-1-7(13,6(11)12)2-4(9)5(3)10;/h2*3-5,8-10,13H,1-2H2,(H,11,12);/q;;+2/p-2. The van der Waals surface area contributed by atoms with Gasteiger partial charge in [-0.3, -0.25) is 0 Å². The van der Waals surface area contributed by atoms with Crippen LogP contribution < -0.4 is 10.2 Å². The first-order valence-corrected chi connectivity index (χ1v) is 7.69. The molecule has 0 heterocycles. The Morgan fingerprint density at radius 1 is 0.630 bits per heavy atom. The summed E-state index contributed by atoms with van der Waals surface area (Å²) in [5, 5.41) is 93.8. The summed E-state index contributed by atoms with van der Waals surface area (Å²) in [6, 6.07) is 0. The molecule has 13 heteroatoms. The van der Waals surface area contributed by atoms with Crippen LogP contribution in [0.2, 0.25) is 0 Å². The van der Waals surface area contributed by atoms with E-state index in [4.69, 9.17) is 30.6 Å². The monoisotopic (exact) mass is 422 g/mol. The van der Waals surface area contributed by atoms with Crippen molar-refractivity contribution in [3.8, 4) is 0 Å². The number of aliphatic hydroxyl groups is 8. The van der Waals surface area contributed by atoms with E-state index >= 15 is 0 Å². The molecule has 4 unspecified atom stereocenters. The first-order valence-electron chi connectivity index (χ1n) is 7.69. The van der Waals surface area contributed by atoms with Crippen LogP contribution in [0.4, 0.5) is 0 Å². The number of carbonyl (C=O) groups is 2. The van der Waals surface area contributed by atoms with Gasteiger partial charge in [0.25, 0.3) is 0 Å². The Morgan fingerprint density at radius 2 is 0.815 bits per heavy atom. The van der Waals surface area contributed by atoms with Crippen molar-refractivity contribution < 1.29 is 60.7 Å². The zero-order valence-corrected chi connectivity index (χ0v) is 16.4. The number of aliphatic hydroxyl groups excluding tert-OH is 6. The first kappa shape index (κ1) is 26.9. The zero-order valence-electron chi connectivity index (χ0n) is 14.2. The Bertz CT molecular complexity index is 458. The second kappa shape index (κ2) is 10.1. The fraction of sp³-hybridized carbons (Fsp3) is 0.857. The van der Waals surface area contributed by atoms with Crippen LogP contribution in [-0.2, 0) is 9.59 Å². The predicted molar refractivity (Wildman–Crippen MR) is 80.2 cm³/mol. The van der Waals surface area contributed by atoms with E-state index in [0.29, 0.717) is 0 Å². The molecular weight excluding hydrogens is 400 g/mol. The number of carboxylic acid groups (broad SMARTS) is 2. The van der Waals surface area contributed by atoms with Gasteiger partial charge in [-0.25, -0.2) is 0 Å². The minimum absolute atomic E-state index is 0. The van der Waals surface area contributed by atoms with Crippen LogP contribution in [0.25, 0.3) is 0 Å². The molecule has 2 aliphatic rings. The van der Waals surface area contributed by atoms with Gasteiger partial charge in [-0.2, -0.15) is 0 Å². The van der Waals surface area contributed by atoms with Gasteiger partial charge in [-0.05, 0) is 0 Å². The molecule has 0 saturated heterocycles. The summed E-state index contributed by atoms with van der Waals surface area (Å²) in [4.78, 5) is 20.8. The van der Waals surface area contributed by atoms with Crippen LogP contribution in [0.15, 0.2) is 0 Å². The first-order chi connectivity index (χ1) is 11.7. The third kappa shape index (κ3) is 6.44. The second-order valence-electron chi connectivity index (χ2n) is 6.71. The average Bonchev–Trinajstić information content (AvgIpc) is 2.50. The summed E-state index contributed by atoms with van der Waals surface area (Å²) in [5.74, 6) is -3.50. The van der Waals surface area contributed by atoms with Crippen molar-refractivity contribution in [2.75, 3.05) is 0 Å². The molecule has 2 fully saturated rings. The molecule has 0 aromatic heterocycles. The van der Waals surface area contributed by atoms with E-state index in [9.17, 15) is 30.0 Å². The van der Waals surface area contributed by atoms with Gasteiger partial charge in [-0.1, -0.05) is 0 Å². The number of hydrogen-bond donors (Lipinski definition) is 8. The van der Waals surface area contributed by atoms with Gasteiger partial charge in [0.2, 0.25) is 0 Å². The zero-order chi connectivity index (χ0) is 20.4. The van der Waals surface area contributed by atoms with Crippen molar-refractivity contribution in [2.45, 2.75) is 73.5 Å². The summed E-state index contributed by atoms with van der Waals surface area (Å²) in [5.41, 5.74) is -4.50. The minimum atomic E-state index is -2.25. The summed E-state index contributed by atoms with van der Waals surface area (Å²) < 4.78 is 0. The van der Waals surface area contributed by atoms with Gasteiger partial charge in [0.1, 0.15) is 23.4 Å². The van der Waals surface area contributed by atoms with Crippen LogP contribution in [0.5, 0.6) is 0 Å². The third-order valence-corrected chi connectivity index (χ3v) is 4.52. The number of aliphatic carboxylic acids is 2. The maximum atomic E-state index is 10.4. The van der Waals surface area contributed by atoms with Crippen LogP contribution in [0.1, 0.15) is 25.7 Å². The Labute approximate surface area is 183 Å². The maximum absolute atomic E-state index is 10.4. The minimum Gasteiger partial charge on any atom is -0.547 e. The van der Waals surface area contributed by atoms with E-state index in [-0.39, 0.29) is 37.7 Å². The summed E-state index contributed by atoms with van der Waals surface area (Å²) in [7, 11) is 0. The van der Waals surface area contributed by atoms with Gasteiger partial charge in [0, 0.05) is 25.7 Å². The van der Waals surface area contributed by atoms with E-state index in [1.165, 1.54) is 0 Å². The van der Waals surface area contributed by atoms with Crippen molar-refractivity contribution in [1.82, 2.24) is 0 Å². The molecule has 2 rings (SSSR count). The SMILES string of the molecule is O=C([O-])C1(O)CC(O)C(O)C(O)C1.O=C([O-])C1(O)CC(O)C(O)C(O)C1.[Ca+2]. The van der Waals surface area contributed by atoms with Crippen LogP contribution in [-0.4, -0.2) is 138 Å². The Kier molecular flexibility index (Phi) is 10.0. The smallest absolute Gasteiger partial charge is 0.547 e. The quantitative estimate of drug-likeness (QED) is 0.193. The second-order valence-corrected chi connectivity index (χ2v) is 6.71. The van der Waals surface area contributed by atoms with E-state index in [1.54, 1.807) is 0 Å². The molecule has 0 aliphatic heterocycles. The van der Waals surface area contributed by atoms with Crippen molar-refractivity contribution in [3.63, 3.8) is 0 Å². The van der Waals surface area contributed by atoms with Crippen LogP contribution in [0.3, 0.4) is 0 Å². The molecule has 8 N–H and O–H groups in total. The molecule has 4 atom stereocenters. The molecule has 0 spiro atoms. The van der Waals surface area contributed by atoms with Gasteiger partial charge >= 0.3 is 37.7 Å². The van der Waals surface area contributed by atoms with E-state index in [1.807, 2.05) is 0 Å². The van der Waals surface area contributed by atoms with Crippen LogP contribution in [0, 0.1) is 0 Å². The maximum Gasteiger partial charge on any atom is 2.00 e. The number of carboxylic acids is 2. The fourth-order valence-corrected chi connectivity index (χ4v) is 2.88. The number of rotatable bonds is 2. The van der Waals surface area contributed by atoms with Crippen LogP contribution >= 0.6 is 0 Å². The Morgan fingerprint density at radius 3 is 0.963 bits per heavy atom. The molecule has 0 amide bonds. The van der Waals surface area contributed by atoms with Crippen molar-refractivity contribution >= 4 is 49.7 Å². The average molecular weight is 422 g/mol. The normalized spacial score (nSPS) is 44.3. The molecule has 2 saturated carbocycles. The van der Waals surface area contributed by atoms with Crippen molar-refractivity contribution in [1.29, 1.82) is 0 Å². The molecule has 0 aromatic rings. The van der Waals surface area contributed by atoms with Crippen molar-refractivity contribution in [3.05, 3.63) is 0 Å². The molecular formula is C14H22CaO12. The van der Waals surface area contributed by atoms with Crippen molar-refractivity contribution in [2.24, 2.45) is 0 Å². The molecule has 2 aliphatic carbocycles. The summed E-state index contributed by atoms with van der Waals surface area (Å²) >= 11 is 0. The summed E-state index contributed by atoms with van der Waals surface area (Å²) in [6.07, 6.45) is -10.8. The van der Waals surface area contributed by atoms with E-state index in [2.05, 4.69) is 0 Å². The fourth-order valence-electron chi connectivity index (χ4n) is 2.88. The van der Waals surface area contributed by atoms with E-state index in [0.717, 1.165) is 0 Å². The Hall–Kier alpha value is -0.120. The van der Waals surface area contributed by atoms with Gasteiger partial charge in [0.05, 0.1) is 36.4 Å². The Balaban J connectivity index is 0.000000483.